The summed E-state index contributed by atoms with van der Waals surface area (Å²) in [5.41, 5.74) is 0.387. The zero-order valence-corrected chi connectivity index (χ0v) is 20.6. The summed E-state index contributed by atoms with van der Waals surface area (Å²) >= 11 is 0. The summed E-state index contributed by atoms with van der Waals surface area (Å²) in [7, 11) is -5.98. The molecule has 0 saturated heterocycles. The number of rotatable bonds is 8. The van der Waals surface area contributed by atoms with Crippen molar-refractivity contribution in [3.05, 3.63) is 78.4 Å². The van der Waals surface area contributed by atoms with Crippen LogP contribution in [0.4, 0.5) is 11.7 Å². The number of sulfonamides is 1. The van der Waals surface area contributed by atoms with Crippen molar-refractivity contribution in [2.45, 2.75) is 9.79 Å². The number of carbonyl (C=O) groups excluding carboxylic acids is 1. The second kappa shape index (κ2) is 9.79. The lowest BCUT2D eigenvalue weighted by atomic mass is 10.2. The molecule has 1 heterocycles. The molecule has 2 N–H and O–H groups in total. The summed E-state index contributed by atoms with van der Waals surface area (Å²) in [6.45, 7) is 0. The standard InChI is InChI=1S/C23H20N4O7S2/c1-33-16-10-12-17(13-11-16)36(31,32)27-20-9-4-3-8-19(20)21(28)24-23-26-25-22(34-23)15-6-5-7-18(14-15)35(2,29)30/h3-14,27H,1-2H3,(H,24,26,28). The van der Waals surface area contributed by atoms with E-state index in [9.17, 15) is 21.6 Å². The van der Waals surface area contributed by atoms with Gasteiger partial charge in [0.2, 0.25) is 5.89 Å². The van der Waals surface area contributed by atoms with Gasteiger partial charge in [-0.2, -0.15) is 0 Å². The lowest BCUT2D eigenvalue weighted by Gasteiger charge is -2.12. The fraction of sp³-hybridized carbons (Fsp3) is 0.0870. The van der Waals surface area contributed by atoms with Gasteiger partial charge >= 0.3 is 6.01 Å². The number of benzene rings is 3. The third-order valence-corrected chi connectivity index (χ3v) is 7.43. The molecule has 13 heteroatoms. The fourth-order valence-electron chi connectivity index (χ4n) is 3.14. The van der Waals surface area contributed by atoms with Crippen molar-refractivity contribution in [1.82, 2.24) is 10.2 Å². The SMILES string of the molecule is COc1ccc(S(=O)(=O)Nc2ccccc2C(=O)Nc2nnc(-c3cccc(S(C)(=O)=O)c3)o2)cc1. The number of sulfone groups is 1. The summed E-state index contributed by atoms with van der Waals surface area (Å²) < 4.78 is 62.2. The molecule has 3 aromatic carbocycles. The third-order valence-electron chi connectivity index (χ3n) is 4.94. The van der Waals surface area contributed by atoms with Gasteiger partial charge in [0.15, 0.2) is 9.84 Å². The molecule has 0 spiro atoms. The molecule has 0 radical (unpaired) electrons. The van der Waals surface area contributed by atoms with E-state index in [-0.39, 0.29) is 32.9 Å². The predicted molar refractivity (Wildman–Crippen MR) is 131 cm³/mol. The Bertz CT molecular complexity index is 1630. The van der Waals surface area contributed by atoms with Gasteiger partial charge in [-0.25, -0.2) is 16.8 Å². The number of carbonyl (C=O) groups is 1. The van der Waals surface area contributed by atoms with Gasteiger partial charge in [-0.1, -0.05) is 23.3 Å². The molecular formula is C23H20N4O7S2. The van der Waals surface area contributed by atoms with Crippen LogP contribution < -0.4 is 14.8 Å². The van der Waals surface area contributed by atoms with E-state index >= 15 is 0 Å². The molecule has 0 unspecified atom stereocenters. The van der Waals surface area contributed by atoms with Crippen LogP contribution in [-0.4, -0.2) is 46.3 Å². The predicted octanol–water partition coefficient (Wildman–Crippen LogP) is 3.20. The first-order valence-electron chi connectivity index (χ1n) is 10.3. The minimum Gasteiger partial charge on any atom is -0.497 e. The summed E-state index contributed by atoms with van der Waals surface area (Å²) in [6.07, 6.45) is 1.08. The molecule has 0 aliphatic carbocycles. The highest BCUT2D eigenvalue weighted by Gasteiger charge is 2.20. The maximum Gasteiger partial charge on any atom is 0.322 e. The largest absolute Gasteiger partial charge is 0.497 e. The number of anilines is 2. The summed E-state index contributed by atoms with van der Waals surface area (Å²) in [6, 6.07) is 17.4. The maximum atomic E-state index is 12.9. The minimum atomic E-state index is -4.00. The Morgan fingerprint density at radius 1 is 0.889 bits per heavy atom. The quantitative estimate of drug-likeness (QED) is 0.350. The molecule has 0 aliphatic heterocycles. The summed E-state index contributed by atoms with van der Waals surface area (Å²) in [4.78, 5) is 13.0. The molecule has 0 fully saturated rings. The number of nitrogens with zero attached hydrogens (tertiary/aromatic N) is 2. The van der Waals surface area contributed by atoms with E-state index in [0.29, 0.717) is 11.3 Å². The second-order valence-electron chi connectivity index (χ2n) is 7.49. The highest BCUT2D eigenvalue weighted by Crippen LogP contribution is 2.25. The van der Waals surface area contributed by atoms with Crippen LogP contribution in [0.25, 0.3) is 11.5 Å². The molecule has 0 atom stereocenters. The Morgan fingerprint density at radius 3 is 2.31 bits per heavy atom. The molecule has 4 rings (SSSR count). The first-order valence-corrected chi connectivity index (χ1v) is 13.7. The Labute approximate surface area is 207 Å². The van der Waals surface area contributed by atoms with Crippen molar-refractivity contribution >= 4 is 37.5 Å². The lowest BCUT2D eigenvalue weighted by Crippen LogP contribution is -2.18. The van der Waals surface area contributed by atoms with Crippen LogP contribution in [0.3, 0.4) is 0 Å². The van der Waals surface area contributed by atoms with Gasteiger partial charge in [-0.15, -0.1) is 5.10 Å². The highest BCUT2D eigenvalue weighted by atomic mass is 32.2. The number of ether oxygens (including phenoxy) is 1. The fourth-order valence-corrected chi connectivity index (χ4v) is 4.89. The van der Waals surface area contributed by atoms with E-state index in [1.165, 1.54) is 61.7 Å². The molecule has 11 nitrogen and oxygen atoms in total. The molecule has 4 aromatic rings. The van der Waals surface area contributed by atoms with E-state index in [0.717, 1.165) is 6.26 Å². The molecule has 0 aliphatic rings. The average Bonchev–Trinajstić information content (AvgIpc) is 3.32. The van der Waals surface area contributed by atoms with Crippen molar-refractivity contribution in [1.29, 1.82) is 0 Å². The number of hydrogen-bond acceptors (Lipinski definition) is 9. The Kier molecular flexibility index (Phi) is 6.77. The van der Waals surface area contributed by atoms with Crippen LogP contribution >= 0.6 is 0 Å². The first kappa shape index (κ1) is 24.9. The van der Waals surface area contributed by atoms with Crippen molar-refractivity contribution in [3.8, 4) is 17.2 Å². The molecule has 0 saturated carbocycles. The van der Waals surface area contributed by atoms with Gasteiger partial charge in [-0.05, 0) is 54.6 Å². The molecule has 186 valence electrons. The number of amides is 1. The van der Waals surface area contributed by atoms with Crippen molar-refractivity contribution in [3.63, 3.8) is 0 Å². The topological polar surface area (TPSA) is 158 Å². The number of hydrogen-bond donors (Lipinski definition) is 2. The van der Waals surface area contributed by atoms with Gasteiger partial charge in [-0.3, -0.25) is 14.8 Å². The van der Waals surface area contributed by atoms with E-state index in [2.05, 4.69) is 20.2 Å². The van der Waals surface area contributed by atoms with Crippen molar-refractivity contribution in [2.75, 3.05) is 23.4 Å². The number of aromatic nitrogens is 2. The summed E-state index contributed by atoms with van der Waals surface area (Å²) in [5.74, 6) is -0.219. The van der Waals surface area contributed by atoms with Gasteiger partial charge < -0.3 is 9.15 Å². The van der Waals surface area contributed by atoms with Crippen LogP contribution in [0.5, 0.6) is 5.75 Å². The molecular weight excluding hydrogens is 508 g/mol. The Hall–Kier alpha value is -4.23. The van der Waals surface area contributed by atoms with Crippen molar-refractivity contribution in [2.24, 2.45) is 0 Å². The van der Waals surface area contributed by atoms with Crippen LogP contribution in [0, 0.1) is 0 Å². The zero-order valence-electron chi connectivity index (χ0n) is 19.0. The summed E-state index contributed by atoms with van der Waals surface area (Å²) in [5, 5.41) is 10.0. The normalized spacial score (nSPS) is 11.6. The number of para-hydroxylation sites is 1. The number of nitrogens with one attached hydrogen (secondary N) is 2. The first-order chi connectivity index (χ1) is 17.1. The zero-order chi connectivity index (χ0) is 25.9. The molecule has 1 amide bonds. The van der Waals surface area contributed by atoms with Gasteiger partial charge in [0.25, 0.3) is 15.9 Å². The maximum absolute atomic E-state index is 12.9. The number of methoxy groups -OCH3 is 1. The van der Waals surface area contributed by atoms with Gasteiger partial charge in [0.1, 0.15) is 5.75 Å². The van der Waals surface area contributed by atoms with E-state index in [1.807, 2.05) is 0 Å². The second-order valence-corrected chi connectivity index (χ2v) is 11.2. The van der Waals surface area contributed by atoms with E-state index < -0.39 is 25.8 Å². The van der Waals surface area contributed by atoms with Crippen LogP contribution in [-0.2, 0) is 19.9 Å². The van der Waals surface area contributed by atoms with E-state index in [4.69, 9.17) is 9.15 Å². The molecule has 1 aromatic heterocycles. The van der Waals surface area contributed by atoms with E-state index in [1.54, 1.807) is 18.2 Å². The van der Waals surface area contributed by atoms with Gasteiger partial charge in [0, 0.05) is 11.8 Å². The van der Waals surface area contributed by atoms with Crippen LogP contribution in [0.15, 0.2) is 87.0 Å². The van der Waals surface area contributed by atoms with Crippen molar-refractivity contribution < 1.29 is 30.8 Å². The average molecular weight is 529 g/mol. The smallest absolute Gasteiger partial charge is 0.322 e. The lowest BCUT2D eigenvalue weighted by molar-refractivity contribution is 0.102. The minimum absolute atomic E-state index is 0.00779. The molecule has 0 bridgehead atoms. The van der Waals surface area contributed by atoms with Crippen LogP contribution in [0.1, 0.15) is 10.4 Å². The monoisotopic (exact) mass is 528 g/mol. The molecule has 36 heavy (non-hydrogen) atoms. The Morgan fingerprint density at radius 2 is 1.61 bits per heavy atom. The van der Waals surface area contributed by atoms with Gasteiger partial charge in [0.05, 0.1) is 28.2 Å². The third kappa shape index (κ3) is 5.53. The van der Waals surface area contributed by atoms with Crippen LogP contribution in [0.2, 0.25) is 0 Å². The Balaban J connectivity index is 1.54. The highest BCUT2D eigenvalue weighted by molar-refractivity contribution is 7.92.